The Hall–Kier alpha value is -3.75. The summed E-state index contributed by atoms with van der Waals surface area (Å²) < 4.78 is 2.18. The molecule has 6 nitrogen and oxygen atoms in total. The lowest BCUT2D eigenvalue weighted by atomic mass is 10.1. The summed E-state index contributed by atoms with van der Waals surface area (Å²) in [6.07, 6.45) is 4.49. The maximum atomic E-state index is 12.9. The van der Waals surface area contributed by atoms with E-state index in [9.17, 15) is 4.79 Å². The summed E-state index contributed by atoms with van der Waals surface area (Å²) in [7, 11) is 0. The van der Waals surface area contributed by atoms with Crippen LogP contribution < -0.4 is 0 Å². The quantitative estimate of drug-likeness (QED) is 0.349. The van der Waals surface area contributed by atoms with Crippen molar-refractivity contribution in [3.05, 3.63) is 99.4 Å². The van der Waals surface area contributed by atoms with Gasteiger partial charge < -0.3 is 4.57 Å². The van der Waals surface area contributed by atoms with E-state index in [-0.39, 0.29) is 11.4 Å². The summed E-state index contributed by atoms with van der Waals surface area (Å²) in [5, 5.41) is 19.1. The third-order valence-electron chi connectivity index (χ3n) is 5.99. The van der Waals surface area contributed by atoms with Crippen LogP contribution in [0.1, 0.15) is 21.6 Å². The first-order valence-corrected chi connectivity index (χ1v) is 12.9. The van der Waals surface area contributed by atoms with Crippen LogP contribution in [0.3, 0.4) is 0 Å². The minimum absolute atomic E-state index is 0.0593. The number of thiophene rings is 1. The Morgan fingerprint density at radius 3 is 2.69 bits per heavy atom. The second-order valence-corrected chi connectivity index (χ2v) is 10.6. The molecule has 0 saturated heterocycles. The Kier molecular flexibility index (Phi) is 5.47. The molecule has 35 heavy (non-hydrogen) atoms. The Morgan fingerprint density at radius 1 is 1.06 bits per heavy atom. The predicted molar refractivity (Wildman–Crippen MR) is 145 cm³/mol. The lowest BCUT2D eigenvalue weighted by Gasteiger charge is -2.20. The monoisotopic (exact) mass is 495 g/mol. The molecule has 4 aromatic rings. The van der Waals surface area contributed by atoms with Gasteiger partial charge in [-0.1, -0.05) is 54.1 Å². The van der Waals surface area contributed by atoms with Crippen molar-refractivity contribution in [1.29, 1.82) is 5.41 Å². The van der Waals surface area contributed by atoms with Crippen molar-refractivity contribution in [2.75, 3.05) is 0 Å². The average Bonchev–Trinajstić information content (AvgIpc) is 3.59. The minimum Gasteiger partial charge on any atom is -0.342 e. The molecule has 2 aromatic heterocycles. The van der Waals surface area contributed by atoms with Gasteiger partial charge in [0.25, 0.3) is 5.91 Å². The van der Waals surface area contributed by atoms with Gasteiger partial charge in [-0.3, -0.25) is 10.2 Å². The molecule has 172 valence electrons. The van der Waals surface area contributed by atoms with E-state index in [1.54, 1.807) is 17.4 Å². The highest BCUT2D eigenvalue weighted by molar-refractivity contribution is 8.27. The average molecular weight is 496 g/mol. The first kappa shape index (κ1) is 21.8. The van der Waals surface area contributed by atoms with E-state index >= 15 is 0 Å². The van der Waals surface area contributed by atoms with E-state index in [2.05, 4.69) is 58.0 Å². The van der Waals surface area contributed by atoms with Crippen molar-refractivity contribution in [2.45, 2.75) is 19.9 Å². The smallest absolute Gasteiger partial charge is 0.283 e. The molecule has 0 saturated carbocycles. The summed E-state index contributed by atoms with van der Waals surface area (Å²) in [6, 6.07) is 20.7. The SMILES string of the molecule is Cc1ccc(Cn2cc(/C=C3\C(=N)N4N=C(Cc5cccs5)SC4=NC3=O)c3ccccc32)cc1. The number of nitrogens with zero attached hydrogens (tertiary/aromatic N) is 4. The Balaban J connectivity index is 1.34. The maximum absolute atomic E-state index is 12.9. The number of carbonyl (C=O) groups is 1. The van der Waals surface area contributed by atoms with Crippen LogP contribution in [0.5, 0.6) is 0 Å². The highest BCUT2D eigenvalue weighted by Gasteiger charge is 2.35. The van der Waals surface area contributed by atoms with Crippen LogP contribution in [-0.2, 0) is 17.8 Å². The van der Waals surface area contributed by atoms with E-state index in [0.717, 1.165) is 28.1 Å². The normalized spacial score (nSPS) is 16.7. The number of amidine groups is 2. The number of hydrazone groups is 1. The van der Waals surface area contributed by atoms with Crippen LogP contribution in [0.15, 0.2) is 87.9 Å². The number of benzene rings is 2. The van der Waals surface area contributed by atoms with Crippen molar-refractivity contribution >= 4 is 62.0 Å². The van der Waals surface area contributed by atoms with Gasteiger partial charge in [0.05, 0.1) is 5.57 Å². The summed E-state index contributed by atoms with van der Waals surface area (Å²) in [5.41, 5.74) is 4.63. The molecule has 4 heterocycles. The van der Waals surface area contributed by atoms with E-state index in [0.29, 0.717) is 11.6 Å². The number of carbonyl (C=O) groups excluding carboxylic acids is 1. The van der Waals surface area contributed by atoms with Gasteiger partial charge in [0.1, 0.15) is 5.04 Å². The molecule has 0 spiro atoms. The van der Waals surface area contributed by atoms with Crippen molar-refractivity contribution in [2.24, 2.45) is 10.1 Å². The zero-order valence-electron chi connectivity index (χ0n) is 18.9. The zero-order valence-corrected chi connectivity index (χ0v) is 20.6. The zero-order chi connectivity index (χ0) is 23.9. The van der Waals surface area contributed by atoms with Crippen LogP contribution >= 0.6 is 23.1 Å². The van der Waals surface area contributed by atoms with Gasteiger partial charge in [-0.15, -0.1) is 11.3 Å². The van der Waals surface area contributed by atoms with Crippen LogP contribution in [0, 0.1) is 12.3 Å². The topological polar surface area (TPSA) is 73.8 Å². The third kappa shape index (κ3) is 4.15. The number of hydrogen-bond donors (Lipinski definition) is 1. The lowest BCUT2D eigenvalue weighted by Crippen LogP contribution is -2.35. The fourth-order valence-electron chi connectivity index (χ4n) is 4.23. The largest absolute Gasteiger partial charge is 0.342 e. The first-order valence-electron chi connectivity index (χ1n) is 11.2. The van der Waals surface area contributed by atoms with Crippen LogP contribution in [0.25, 0.3) is 17.0 Å². The minimum atomic E-state index is -0.406. The van der Waals surface area contributed by atoms with Crippen LogP contribution in [-0.4, -0.2) is 31.5 Å². The molecular formula is C27H21N5OS2. The number of hydrogen-bond acceptors (Lipinski definition) is 5. The van der Waals surface area contributed by atoms with Gasteiger partial charge in [0, 0.05) is 40.5 Å². The highest BCUT2D eigenvalue weighted by atomic mass is 32.2. The summed E-state index contributed by atoms with van der Waals surface area (Å²) in [6.45, 7) is 2.80. The lowest BCUT2D eigenvalue weighted by molar-refractivity contribution is -0.114. The van der Waals surface area contributed by atoms with Crippen molar-refractivity contribution < 1.29 is 4.79 Å². The molecule has 1 amide bonds. The first-order chi connectivity index (χ1) is 17.0. The van der Waals surface area contributed by atoms with E-state index < -0.39 is 5.91 Å². The Morgan fingerprint density at radius 2 is 1.89 bits per heavy atom. The molecule has 2 aromatic carbocycles. The van der Waals surface area contributed by atoms with Gasteiger partial charge >= 0.3 is 0 Å². The number of para-hydroxylation sites is 1. The molecule has 0 radical (unpaired) electrons. The molecule has 2 aliphatic rings. The molecule has 0 atom stereocenters. The third-order valence-corrected chi connectivity index (χ3v) is 7.78. The molecule has 2 aliphatic heterocycles. The number of amides is 1. The molecule has 0 unspecified atom stereocenters. The number of thioether (sulfide) groups is 1. The fraction of sp³-hybridized carbons (Fsp3) is 0.111. The number of aryl methyl sites for hydroxylation is 1. The van der Waals surface area contributed by atoms with Gasteiger partial charge in [-0.05, 0) is 47.8 Å². The van der Waals surface area contributed by atoms with Crippen molar-refractivity contribution in [3.8, 4) is 0 Å². The number of fused-ring (bicyclic) bond motifs is 2. The Labute approximate surface area is 210 Å². The summed E-state index contributed by atoms with van der Waals surface area (Å²) in [4.78, 5) is 18.4. The highest BCUT2D eigenvalue weighted by Crippen LogP contribution is 2.31. The molecule has 0 aliphatic carbocycles. The van der Waals surface area contributed by atoms with E-state index in [1.165, 1.54) is 32.8 Å². The summed E-state index contributed by atoms with van der Waals surface area (Å²) >= 11 is 3.02. The van der Waals surface area contributed by atoms with E-state index in [1.807, 2.05) is 35.8 Å². The fourth-order valence-corrected chi connectivity index (χ4v) is 5.94. The molecule has 6 rings (SSSR count). The molecule has 1 N–H and O–H groups in total. The van der Waals surface area contributed by atoms with Gasteiger partial charge in [-0.25, -0.2) is 0 Å². The Bertz CT molecular complexity index is 1560. The van der Waals surface area contributed by atoms with Crippen molar-refractivity contribution in [1.82, 2.24) is 9.58 Å². The molecule has 0 fully saturated rings. The van der Waals surface area contributed by atoms with Gasteiger partial charge in [0.15, 0.2) is 5.84 Å². The van der Waals surface area contributed by atoms with Crippen LogP contribution in [0.2, 0.25) is 0 Å². The van der Waals surface area contributed by atoms with Crippen LogP contribution in [0.4, 0.5) is 0 Å². The molecule has 0 bridgehead atoms. The molecular weight excluding hydrogens is 474 g/mol. The number of aliphatic imine (C=N–C) groups is 1. The molecule has 8 heteroatoms. The van der Waals surface area contributed by atoms with E-state index in [4.69, 9.17) is 5.41 Å². The van der Waals surface area contributed by atoms with Crippen molar-refractivity contribution in [3.63, 3.8) is 0 Å². The predicted octanol–water partition coefficient (Wildman–Crippen LogP) is 5.92. The number of rotatable bonds is 5. The standard InChI is InChI=1S/C27H21N5OS2/c1-17-8-10-18(11-9-17)15-31-16-19(21-6-2-3-7-23(21)31)13-22-25(28)32-27(29-26(22)33)35-24(30-32)14-20-5-4-12-34-20/h2-13,16,28H,14-15H2,1H3/b22-13+,28-25?. The second-order valence-electron chi connectivity index (χ2n) is 8.48. The maximum Gasteiger partial charge on any atom is 0.283 e. The second kappa shape index (κ2) is 8.79. The number of nitrogens with one attached hydrogen (secondary N) is 1. The number of aromatic nitrogens is 1. The van der Waals surface area contributed by atoms with Gasteiger partial charge in [0.2, 0.25) is 5.17 Å². The van der Waals surface area contributed by atoms with Gasteiger partial charge in [-0.2, -0.15) is 15.1 Å². The summed E-state index contributed by atoms with van der Waals surface area (Å²) in [5.74, 6) is -0.347.